The summed E-state index contributed by atoms with van der Waals surface area (Å²) < 4.78 is 334. The van der Waals surface area contributed by atoms with Gasteiger partial charge in [-0.1, -0.05) is 0 Å². The number of likely N-dealkylation sites (N-methyl/N-ethyl adjacent to an activating group) is 1. The highest BCUT2D eigenvalue weighted by atomic mass is 19.4. The summed E-state index contributed by atoms with van der Waals surface area (Å²) in [7, 11) is 0.995. The average molecular weight is 749 g/mol. The Morgan fingerprint density at radius 1 is 0.435 bits per heavy atom. The maximum atomic E-state index is 13.9. The van der Waals surface area contributed by atoms with Crippen molar-refractivity contribution in [2.75, 3.05) is 27.2 Å². The highest BCUT2D eigenvalue weighted by Gasteiger charge is 2.99. The van der Waals surface area contributed by atoms with Crippen molar-refractivity contribution in [2.24, 2.45) is 0 Å². The van der Waals surface area contributed by atoms with Crippen LogP contribution < -0.4 is 5.11 Å². The van der Waals surface area contributed by atoms with E-state index < -0.39 is 101 Å². The second kappa shape index (κ2) is 11.1. The number of carbonyl (C=O) groups is 1. The van der Waals surface area contributed by atoms with Crippen LogP contribution in [0.4, 0.5) is 110 Å². The molecule has 46 heavy (non-hydrogen) atoms. The molecule has 0 radical (unpaired) electrons. The summed E-state index contributed by atoms with van der Waals surface area (Å²) in [6.45, 7) is -3.33. The first kappa shape index (κ1) is 43.7. The van der Waals surface area contributed by atoms with Gasteiger partial charge in [0.1, 0.15) is 6.54 Å². The average Bonchev–Trinajstić information content (AvgIpc) is 2.80. The molecule has 276 valence electrons. The van der Waals surface area contributed by atoms with Crippen LogP contribution in [0.2, 0.25) is 0 Å². The van der Waals surface area contributed by atoms with Gasteiger partial charge in [-0.2, -0.15) is 110 Å². The van der Waals surface area contributed by atoms with Gasteiger partial charge in [0.2, 0.25) is 0 Å². The predicted molar refractivity (Wildman–Crippen MR) is 91.9 cm³/mol. The molecule has 3 nitrogen and oxygen atoms in total. The summed E-state index contributed by atoms with van der Waals surface area (Å²) in [5, 5.41) is 10.5. The molecular formula is C18H12F25NO2. The lowest BCUT2D eigenvalue weighted by Crippen LogP contribution is -2.78. The topological polar surface area (TPSA) is 40.1 Å². The number of nitrogens with zero attached hydrogens (tertiary/aromatic N) is 1. The molecule has 0 aliphatic carbocycles. The van der Waals surface area contributed by atoms with Crippen molar-refractivity contribution in [3.05, 3.63) is 0 Å². The Kier molecular flexibility index (Phi) is 10.6. The standard InChI is InChI=1S/C18H12F25NO2/c1-44(2,5-6(45)46)4-3-7(19,20)8(21,22)9(23,24)10(25,26)11(27,28)12(29,30)13(31,32)14(33,34)15(35,36)16(37,38)17(39,40)18(41,42)43/h3-5H2,1-2H3. The maximum Gasteiger partial charge on any atom is 0.460 e. The fourth-order valence-corrected chi connectivity index (χ4v) is 3.01. The summed E-state index contributed by atoms with van der Waals surface area (Å²) in [6, 6.07) is 0. The lowest BCUT2D eigenvalue weighted by molar-refractivity contribution is -0.886. The van der Waals surface area contributed by atoms with Crippen molar-refractivity contribution in [1.29, 1.82) is 0 Å². The molecule has 0 amide bonds. The van der Waals surface area contributed by atoms with E-state index in [-0.39, 0.29) is 0 Å². The molecule has 0 aromatic carbocycles. The molecular weight excluding hydrogens is 737 g/mol. The van der Waals surface area contributed by atoms with E-state index in [1.165, 1.54) is 0 Å². The SMILES string of the molecule is C[N+](C)(CCC(F)(F)C(F)(F)C(F)(F)C(F)(F)C(F)(F)C(F)(F)C(F)(F)C(F)(F)C(F)(F)C(F)(F)C(F)(F)C(F)(F)F)CC(=O)[O-]. The van der Waals surface area contributed by atoms with Crippen LogP contribution in [0.5, 0.6) is 0 Å². The lowest BCUT2D eigenvalue weighted by atomic mass is 9.84. The fourth-order valence-electron chi connectivity index (χ4n) is 3.01. The van der Waals surface area contributed by atoms with E-state index in [2.05, 4.69) is 0 Å². The van der Waals surface area contributed by atoms with E-state index in [0.717, 1.165) is 0 Å². The Morgan fingerprint density at radius 2 is 0.652 bits per heavy atom. The monoisotopic (exact) mass is 749 g/mol. The van der Waals surface area contributed by atoms with Crippen LogP contribution in [0.1, 0.15) is 6.42 Å². The number of hydrogen-bond donors (Lipinski definition) is 0. The molecule has 28 heteroatoms. The molecule has 0 aromatic heterocycles. The molecule has 0 aliphatic heterocycles. The molecule has 0 atom stereocenters. The largest absolute Gasteiger partial charge is 0.544 e. The first-order valence-electron chi connectivity index (χ1n) is 10.6. The Balaban J connectivity index is 7.17. The molecule has 0 saturated carbocycles. The lowest BCUT2D eigenvalue weighted by Gasteiger charge is -2.45. The number of rotatable bonds is 15. The molecule has 0 rings (SSSR count). The third-order valence-corrected chi connectivity index (χ3v) is 5.95. The van der Waals surface area contributed by atoms with Gasteiger partial charge in [-0.05, 0) is 0 Å². The van der Waals surface area contributed by atoms with Crippen molar-refractivity contribution in [3.8, 4) is 0 Å². The molecule has 0 N–H and O–H groups in total. The zero-order valence-electron chi connectivity index (χ0n) is 21.3. The van der Waals surface area contributed by atoms with Crippen molar-refractivity contribution < 1.29 is 124 Å². The van der Waals surface area contributed by atoms with Crippen LogP contribution >= 0.6 is 0 Å². The summed E-state index contributed by atoms with van der Waals surface area (Å²) in [5.74, 6) is -101. The minimum Gasteiger partial charge on any atom is -0.544 e. The van der Waals surface area contributed by atoms with Crippen molar-refractivity contribution >= 4 is 5.97 Å². The summed E-state index contributed by atoms with van der Waals surface area (Å²) in [5.41, 5.74) is 0. The van der Waals surface area contributed by atoms with Crippen LogP contribution in [0, 0.1) is 0 Å². The Labute approximate surface area is 236 Å². The fraction of sp³-hybridized carbons (Fsp3) is 0.944. The van der Waals surface area contributed by atoms with Crippen LogP contribution in [-0.4, -0.2) is 109 Å². The maximum absolute atomic E-state index is 13.9. The summed E-state index contributed by atoms with van der Waals surface area (Å²) in [4.78, 5) is 10.5. The van der Waals surface area contributed by atoms with Crippen molar-refractivity contribution in [1.82, 2.24) is 0 Å². The quantitative estimate of drug-likeness (QED) is 0.137. The number of alkyl halides is 25. The van der Waals surface area contributed by atoms with Crippen LogP contribution in [0.15, 0.2) is 0 Å². The molecule has 0 spiro atoms. The van der Waals surface area contributed by atoms with Gasteiger partial charge in [-0.25, -0.2) is 0 Å². The number of halogens is 25. The van der Waals surface area contributed by atoms with Crippen LogP contribution in [0.25, 0.3) is 0 Å². The van der Waals surface area contributed by atoms with E-state index in [1.54, 1.807) is 0 Å². The third-order valence-electron chi connectivity index (χ3n) is 5.95. The zero-order valence-corrected chi connectivity index (χ0v) is 21.3. The molecule has 0 saturated heterocycles. The van der Waals surface area contributed by atoms with Crippen molar-refractivity contribution in [2.45, 2.75) is 77.7 Å². The summed E-state index contributed by atoms with van der Waals surface area (Å²) in [6.07, 6.45) is -11.2. The number of quaternary nitrogens is 1. The van der Waals surface area contributed by atoms with E-state index in [4.69, 9.17) is 0 Å². The Hall–Kier alpha value is -2.32. The Morgan fingerprint density at radius 3 is 0.870 bits per heavy atom. The molecule has 0 unspecified atom stereocenters. The highest BCUT2D eigenvalue weighted by molar-refractivity contribution is 5.65. The number of carboxylic acids is 1. The van der Waals surface area contributed by atoms with Gasteiger partial charge >= 0.3 is 71.3 Å². The first-order valence-corrected chi connectivity index (χ1v) is 10.6. The van der Waals surface area contributed by atoms with E-state index in [1.807, 2.05) is 0 Å². The van der Waals surface area contributed by atoms with Crippen LogP contribution in [-0.2, 0) is 4.79 Å². The normalized spacial score (nSPS) is 16.6. The molecule has 0 bridgehead atoms. The molecule has 0 fully saturated rings. The number of aliphatic carboxylic acids is 1. The summed E-state index contributed by atoms with van der Waals surface area (Å²) >= 11 is 0. The predicted octanol–water partition coefficient (Wildman–Crippen LogP) is 6.75. The molecule has 0 heterocycles. The highest BCUT2D eigenvalue weighted by Crippen LogP contribution is 2.67. The minimum atomic E-state index is -9.64. The van der Waals surface area contributed by atoms with E-state index in [0.29, 0.717) is 14.1 Å². The van der Waals surface area contributed by atoms with Gasteiger partial charge in [0.05, 0.1) is 33.0 Å². The Bertz CT molecular complexity index is 1120. The smallest absolute Gasteiger partial charge is 0.460 e. The first-order chi connectivity index (χ1) is 19.4. The van der Waals surface area contributed by atoms with Gasteiger partial charge in [-0.15, -0.1) is 0 Å². The zero-order chi connectivity index (χ0) is 38.2. The van der Waals surface area contributed by atoms with E-state index in [9.17, 15) is 120 Å². The number of carboxylic acid groups (broad SMARTS) is 1. The second-order valence-corrected chi connectivity index (χ2v) is 9.89. The third kappa shape index (κ3) is 5.84. The van der Waals surface area contributed by atoms with Crippen LogP contribution in [0.3, 0.4) is 0 Å². The minimum absolute atomic E-state index is 0.498. The van der Waals surface area contributed by atoms with E-state index >= 15 is 0 Å². The van der Waals surface area contributed by atoms with Gasteiger partial charge in [0, 0.05) is 0 Å². The number of carbonyl (C=O) groups excluding carboxylic acids is 1. The van der Waals surface area contributed by atoms with Crippen molar-refractivity contribution in [3.63, 3.8) is 0 Å². The van der Waals surface area contributed by atoms with Gasteiger partial charge in [0.15, 0.2) is 0 Å². The number of hydrogen-bond acceptors (Lipinski definition) is 2. The molecule has 0 aliphatic rings. The van der Waals surface area contributed by atoms with Gasteiger partial charge in [0.25, 0.3) is 0 Å². The second-order valence-electron chi connectivity index (χ2n) is 9.89. The van der Waals surface area contributed by atoms with Gasteiger partial charge < -0.3 is 14.4 Å². The van der Waals surface area contributed by atoms with Gasteiger partial charge in [-0.3, -0.25) is 0 Å². The molecule has 0 aromatic rings.